The van der Waals surface area contributed by atoms with Crippen LogP contribution in [0, 0.1) is 13.8 Å². The molecule has 9 heteroatoms. The number of hydrogen-bond acceptors (Lipinski definition) is 5. The first-order valence-electron chi connectivity index (χ1n) is 10.6. The summed E-state index contributed by atoms with van der Waals surface area (Å²) >= 11 is 0. The number of carboxylic acids is 1. The largest absolute Gasteiger partial charge is 0.497 e. The van der Waals surface area contributed by atoms with E-state index >= 15 is 0 Å². The third-order valence-corrected chi connectivity index (χ3v) is 5.77. The molecule has 3 rings (SSSR count). The molecule has 1 unspecified atom stereocenters. The Bertz CT molecular complexity index is 1170. The molecule has 1 aliphatic heterocycles. The summed E-state index contributed by atoms with van der Waals surface area (Å²) in [4.78, 5) is 50.0. The van der Waals surface area contributed by atoms with Crippen LogP contribution in [-0.2, 0) is 14.4 Å². The number of methoxy groups -OCH3 is 1. The van der Waals surface area contributed by atoms with Gasteiger partial charge in [-0.05, 0) is 53.8 Å². The van der Waals surface area contributed by atoms with Gasteiger partial charge in [0.15, 0.2) is 11.8 Å². The summed E-state index contributed by atoms with van der Waals surface area (Å²) in [5, 5.41) is 14.5. The lowest BCUT2D eigenvalue weighted by Gasteiger charge is -2.26. The molecule has 0 bridgehead atoms. The molecule has 0 radical (unpaired) electrons. The molecule has 3 N–H and O–H groups in total. The number of ether oxygens (including phenoxy) is 1. The van der Waals surface area contributed by atoms with Crippen LogP contribution in [0.15, 0.2) is 48.7 Å². The highest BCUT2D eigenvalue weighted by molar-refractivity contribution is 6.14. The molecule has 2 aromatic carbocycles. The van der Waals surface area contributed by atoms with Gasteiger partial charge >= 0.3 is 12.0 Å². The van der Waals surface area contributed by atoms with Crippen LogP contribution in [0.2, 0.25) is 0 Å². The van der Waals surface area contributed by atoms with Gasteiger partial charge in [-0.15, -0.1) is 0 Å². The highest BCUT2D eigenvalue weighted by Gasteiger charge is 2.33. The second kappa shape index (κ2) is 10.2. The summed E-state index contributed by atoms with van der Waals surface area (Å²) in [6.07, 6.45) is 2.10. The molecule has 0 aliphatic carbocycles. The number of aliphatic carboxylic acids is 1. The molecule has 1 heterocycles. The van der Waals surface area contributed by atoms with Crippen LogP contribution in [0.1, 0.15) is 29.2 Å². The molecule has 9 nitrogen and oxygen atoms in total. The van der Waals surface area contributed by atoms with Crippen molar-refractivity contribution in [3.05, 3.63) is 65.4 Å². The van der Waals surface area contributed by atoms with E-state index in [1.165, 1.54) is 31.3 Å². The van der Waals surface area contributed by atoms with Crippen molar-refractivity contribution in [3.63, 3.8) is 0 Å². The maximum atomic E-state index is 12.8. The number of nitrogens with zero attached hydrogens (tertiary/aromatic N) is 1. The first-order valence-corrected chi connectivity index (χ1v) is 10.6. The zero-order chi connectivity index (χ0) is 25.0. The summed E-state index contributed by atoms with van der Waals surface area (Å²) < 4.78 is 5.46. The fourth-order valence-corrected chi connectivity index (χ4v) is 3.90. The number of rotatable bonds is 7. The van der Waals surface area contributed by atoms with Gasteiger partial charge in [-0.2, -0.15) is 0 Å². The van der Waals surface area contributed by atoms with E-state index in [1.54, 1.807) is 6.07 Å². The number of urea groups is 1. The predicted octanol–water partition coefficient (Wildman–Crippen LogP) is 2.72. The Balaban J connectivity index is 1.97. The first kappa shape index (κ1) is 24.5. The summed E-state index contributed by atoms with van der Waals surface area (Å²) in [7, 11) is 2.98. The molecule has 34 heavy (non-hydrogen) atoms. The highest BCUT2D eigenvalue weighted by Crippen LogP contribution is 2.35. The first-order chi connectivity index (χ1) is 16.1. The van der Waals surface area contributed by atoms with E-state index < -0.39 is 42.2 Å². The van der Waals surface area contributed by atoms with Gasteiger partial charge in [0.25, 0.3) is 5.91 Å². The summed E-state index contributed by atoms with van der Waals surface area (Å²) in [6.45, 7) is 3.82. The van der Waals surface area contributed by atoms with Crippen LogP contribution < -0.4 is 15.4 Å². The van der Waals surface area contributed by atoms with Crippen LogP contribution in [0.4, 0.5) is 4.79 Å². The van der Waals surface area contributed by atoms with E-state index in [9.17, 15) is 24.3 Å². The molecular weight excluding hydrogens is 438 g/mol. The molecular formula is C25H27N3O6. The maximum Gasteiger partial charge on any atom is 0.316 e. The number of amides is 3. The zero-order valence-corrected chi connectivity index (χ0v) is 19.4. The summed E-state index contributed by atoms with van der Waals surface area (Å²) in [5.74, 6) is -1.78. The number of likely N-dealkylation sites (N-methyl/N-ethyl adjacent to an activating group) is 1. The molecule has 1 aliphatic rings. The standard InChI is InChI=1S/C25H27N3O6/c1-14-7-5-6-8-17(14)18-11-16(34-4)12-19(15(18)2)20(13-22(30)31)26-25(33)27-23-21(29)9-10-28(3)24(23)32/h5-12,20,23H,13H2,1-4H3,(H,30,31)(H2,26,27,33)/t20-,23?/m0/s1. The van der Waals surface area contributed by atoms with Crippen LogP contribution in [-0.4, -0.2) is 53.9 Å². The van der Waals surface area contributed by atoms with Crippen LogP contribution in [0.3, 0.4) is 0 Å². The number of carbonyl (C=O) groups excluding carboxylic acids is 3. The Morgan fingerprint density at radius 3 is 2.50 bits per heavy atom. The van der Waals surface area contributed by atoms with Gasteiger partial charge in [-0.25, -0.2) is 4.79 Å². The number of carboxylic acid groups (broad SMARTS) is 1. The molecule has 0 fully saturated rings. The van der Waals surface area contributed by atoms with Gasteiger partial charge in [0.1, 0.15) is 5.75 Å². The van der Waals surface area contributed by atoms with E-state index in [4.69, 9.17) is 4.74 Å². The molecule has 178 valence electrons. The number of carbonyl (C=O) groups is 4. The molecule has 0 spiro atoms. The molecule has 3 amide bonds. The number of aryl methyl sites for hydroxylation is 1. The Labute approximate surface area is 197 Å². The molecule has 0 saturated heterocycles. The second-order valence-corrected chi connectivity index (χ2v) is 8.07. The van der Waals surface area contributed by atoms with Gasteiger partial charge in [-0.3, -0.25) is 14.4 Å². The van der Waals surface area contributed by atoms with E-state index in [1.807, 2.05) is 44.2 Å². The molecule has 0 saturated carbocycles. The van der Waals surface area contributed by atoms with E-state index in [-0.39, 0.29) is 0 Å². The Morgan fingerprint density at radius 2 is 1.85 bits per heavy atom. The van der Waals surface area contributed by atoms with Gasteiger partial charge in [0.05, 0.1) is 19.6 Å². The molecule has 2 atom stereocenters. The molecule has 0 aromatic heterocycles. The average molecular weight is 466 g/mol. The zero-order valence-electron chi connectivity index (χ0n) is 19.4. The minimum atomic E-state index is -1.38. The Morgan fingerprint density at radius 1 is 1.15 bits per heavy atom. The number of benzene rings is 2. The van der Waals surface area contributed by atoms with Crippen LogP contribution in [0.25, 0.3) is 11.1 Å². The number of nitrogens with one attached hydrogen (secondary N) is 2. The van der Waals surface area contributed by atoms with Crippen molar-refractivity contribution in [1.29, 1.82) is 0 Å². The van der Waals surface area contributed by atoms with Gasteiger partial charge < -0.3 is 25.4 Å². The lowest BCUT2D eigenvalue weighted by atomic mass is 9.89. The maximum absolute atomic E-state index is 12.8. The Hall–Kier alpha value is -4.14. The van der Waals surface area contributed by atoms with Crippen molar-refractivity contribution in [1.82, 2.24) is 15.5 Å². The fourth-order valence-electron chi connectivity index (χ4n) is 3.90. The second-order valence-electron chi connectivity index (χ2n) is 8.07. The quantitative estimate of drug-likeness (QED) is 0.540. The number of ketones is 1. The van der Waals surface area contributed by atoms with Crippen molar-refractivity contribution < 1.29 is 29.0 Å². The van der Waals surface area contributed by atoms with E-state index in [0.717, 1.165) is 22.3 Å². The topological polar surface area (TPSA) is 125 Å². The minimum Gasteiger partial charge on any atom is -0.497 e. The fraction of sp³-hybridized carbons (Fsp3) is 0.280. The average Bonchev–Trinajstić information content (AvgIpc) is 2.79. The van der Waals surface area contributed by atoms with Crippen molar-refractivity contribution in [3.8, 4) is 16.9 Å². The SMILES string of the molecule is COc1cc(-c2ccccc2C)c(C)c([C@H](CC(=O)O)NC(=O)NC2C(=O)C=CN(C)C2=O)c1. The van der Waals surface area contributed by atoms with E-state index in [2.05, 4.69) is 10.6 Å². The molecule has 2 aromatic rings. The lowest BCUT2D eigenvalue weighted by Crippen LogP contribution is -2.55. The van der Waals surface area contributed by atoms with Gasteiger partial charge in [-0.1, -0.05) is 24.3 Å². The summed E-state index contributed by atoms with van der Waals surface area (Å²) in [5.41, 5.74) is 4.14. The lowest BCUT2D eigenvalue weighted by molar-refractivity contribution is -0.138. The van der Waals surface area contributed by atoms with Crippen molar-refractivity contribution >= 4 is 23.7 Å². The smallest absolute Gasteiger partial charge is 0.316 e. The highest BCUT2D eigenvalue weighted by atomic mass is 16.5. The van der Waals surface area contributed by atoms with E-state index in [0.29, 0.717) is 11.3 Å². The summed E-state index contributed by atoms with van der Waals surface area (Å²) in [6, 6.07) is 8.14. The predicted molar refractivity (Wildman–Crippen MR) is 125 cm³/mol. The van der Waals surface area contributed by atoms with Crippen molar-refractivity contribution in [2.45, 2.75) is 32.4 Å². The third kappa shape index (κ3) is 5.25. The van der Waals surface area contributed by atoms with Crippen molar-refractivity contribution in [2.75, 3.05) is 14.2 Å². The Kier molecular flexibility index (Phi) is 7.35. The normalized spacial score (nSPS) is 16.2. The van der Waals surface area contributed by atoms with Crippen LogP contribution >= 0.6 is 0 Å². The van der Waals surface area contributed by atoms with Gasteiger partial charge in [0, 0.05) is 19.3 Å². The van der Waals surface area contributed by atoms with Crippen LogP contribution in [0.5, 0.6) is 5.75 Å². The van der Waals surface area contributed by atoms with Gasteiger partial charge in [0.2, 0.25) is 0 Å². The number of hydrogen-bond donors (Lipinski definition) is 3. The third-order valence-electron chi connectivity index (χ3n) is 5.77. The minimum absolute atomic E-state index is 0.416. The van der Waals surface area contributed by atoms with Crippen molar-refractivity contribution in [2.24, 2.45) is 0 Å². The monoisotopic (exact) mass is 465 g/mol.